The quantitative estimate of drug-likeness (QED) is 0.401. The Morgan fingerprint density at radius 3 is 2.70 bits per heavy atom. The van der Waals surface area contributed by atoms with E-state index in [9.17, 15) is 19.8 Å². The van der Waals surface area contributed by atoms with Gasteiger partial charge in [0.1, 0.15) is 5.78 Å². The summed E-state index contributed by atoms with van der Waals surface area (Å²) in [5.74, 6) is -1.29. The molecule has 0 bridgehead atoms. The molecule has 0 aromatic rings. The number of aliphatic carboxylic acids is 1. The minimum atomic E-state index is -0.825. The van der Waals surface area contributed by atoms with Crippen LogP contribution < -0.4 is 0 Å². The van der Waals surface area contributed by atoms with E-state index < -0.39 is 18.2 Å². The number of Topliss-reactive ketones (excluding diaryl/α,β-unsaturated/α-hetero) is 1. The molecule has 0 heterocycles. The Labute approximate surface area is 138 Å². The third-order valence-corrected chi connectivity index (χ3v) is 4.55. The molecule has 5 heteroatoms. The summed E-state index contributed by atoms with van der Waals surface area (Å²) in [7, 11) is 0. The molecule has 0 amide bonds. The van der Waals surface area contributed by atoms with Crippen molar-refractivity contribution in [1.82, 2.24) is 0 Å². The summed E-state index contributed by atoms with van der Waals surface area (Å²) in [6.07, 6.45) is 8.20. The summed E-state index contributed by atoms with van der Waals surface area (Å²) < 4.78 is 0. The lowest BCUT2D eigenvalue weighted by atomic mass is 9.88. The van der Waals surface area contributed by atoms with Crippen LogP contribution in [0.3, 0.4) is 0 Å². The summed E-state index contributed by atoms with van der Waals surface area (Å²) in [5, 5.41) is 28.6. The zero-order valence-electron chi connectivity index (χ0n) is 14.0. The summed E-state index contributed by atoms with van der Waals surface area (Å²) in [5.41, 5.74) is 0. The minimum Gasteiger partial charge on any atom is -0.481 e. The number of hydrogen-bond donors (Lipinski definition) is 3. The Morgan fingerprint density at radius 2 is 2.04 bits per heavy atom. The standard InChI is InChI=1S/C18H30O5/c1-2-3-4-7-13(19)10-11-15-14(16(20)12-17(15)21)8-5-6-9-18(22)23/h10-11,13-15,17,19,21H,2-9,12H2,1H3,(H,22,23)/t13-,14+,15+,17+/m0/s1. The molecule has 0 aromatic carbocycles. The fourth-order valence-corrected chi connectivity index (χ4v) is 3.19. The van der Waals surface area contributed by atoms with Gasteiger partial charge in [-0.15, -0.1) is 0 Å². The zero-order valence-corrected chi connectivity index (χ0v) is 14.0. The number of hydrogen-bond acceptors (Lipinski definition) is 4. The summed E-state index contributed by atoms with van der Waals surface area (Å²) >= 11 is 0. The maximum Gasteiger partial charge on any atom is 0.303 e. The van der Waals surface area contributed by atoms with Gasteiger partial charge in [0.2, 0.25) is 0 Å². The first-order valence-corrected chi connectivity index (χ1v) is 8.74. The van der Waals surface area contributed by atoms with E-state index in [2.05, 4.69) is 6.92 Å². The fraction of sp³-hybridized carbons (Fsp3) is 0.778. The maximum atomic E-state index is 12.0. The van der Waals surface area contributed by atoms with Crippen LogP contribution in [-0.4, -0.2) is 39.3 Å². The Morgan fingerprint density at radius 1 is 1.30 bits per heavy atom. The van der Waals surface area contributed by atoms with Crippen molar-refractivity contribution in [2.45, 2.75) is 76.9 Å². The first-order valence-electron chi connectivity index (χ1n) is 8.74. The van der Waals surface area contributed by atoms with Gasteiger partial charge >= 0.3 is 5.97 Å². The highest BCUT2D eigenvalue weighted by Crippen LogP contribution is 2.34. The molecular formula is C18H30O5. The van der Waals surface area contributed by atoms with Crippen LogP contribution in [0.15, 0.2) is 12.2 Å². The van der Waals surface area contributed by atoms with Crippen molar-refractivity contribution in [1.29, 1.82) is 0 Å². The molecule has 3 N–H and O–H groups in total. The monoisotopic (exact) mass is 326 g/mol. The number of carboxylic acids is 1. The van der Waals surface area contributed by atoms with E-state index in [1.807, 2.05) is 0 Å². The predicted molar refractivity (Wildman–Crippen MR) is 88.0 cm³/mol. The molecule has 0 unspecified atom stereocenters. The van der Waals surface area contributed by atoms with E-state index in [1.54, 1.807) is 12.2 Å². The van der Waals surface area contributed by atoms with Gasteiger partial charge in [-0.05, 0) is 19.3 Å². The highest BCUT2D eigenvalue weighted by atomic mass is 16.4. The molecule has 23 heavy (non-hydrogen) atoms. The molecule has 0 aromatic heterocycles. The largest absolute Gasteiger partial charge is 0.481 e. The molecule has 132 valence electrons. The molecule has 0 saturated heterocycles. The van der Waals surface area contributed by atoms with E-state index in [0.717, 1.165) is 19.3 Å². The lowest BCUT2D eigenvalue weighted by molar-refractivity contribution is -0.137. The molecule has 0 radical (unpaired) electrons. The average Bonchev–Trinajstić information content (AvgIpc) is 2.75. The molecule has 4 atom stereocenters. The number of aliphatic hydroxyl groups excluding tert-OH is 2. The third-order valence-electron chi connectivity index (χ3n) is 4.55. The minimum absolute atomic E-state index is 0.0444. The van der Waals surface area contributed by atoms with Gasteiger partial charge < -0.3 is 15.3 Å². The van der Waals surface area contributed by atoms with Gasteiger partial charge in [-0.3, -0.25) is 9.59 Å². The SMILES string of the molecule is CCCCC[C@H](O)C=C[C@H]1[C@H](O)CC(=O)[C@@H]1CCCCC(=O)O. The van der Waals surface area contributed by atoms with Gasteiger partial charge in [-0.25, -0.2) is 0 Å². The lowest BCUT2D eigenvalue weighted by Gasteiger charge is -2.18. The molecule has 1 fully saturated rings. The van der Waals surface area contributed by atoms with Gasteiger partial charge in [-0.2, -0.15) is 0 Å². The Kier molecular flexibility index (Phi) is 9.10. The van der Waals surface area contributed by atoms with E-state index >= 15 is 0 Å². The van der Waals surface area contributed by atoms with Crippen LogP contribution in [0.1, 0.15) is 64.7 Å². The second-order valence-electron chi connectivity index (χ2n) is 6.51. The van der Waals surface area contributed by atoms with Crippen LogP contribution in [0.5, 0.6) is 0 Å². The van der Waals surface area contributed by atoms with Crippen molar-refractivity contribution in [3.8, 4) is 0 Å². The summed E-state index contributed by atoms with van der Waals surface area (Å²) in [6, 6.07) is 0. The number of carbonyl (C=O) groups is 2. The summed E-state index contributed by atoms with van der Waals surface area (Å²) in [6.45, 7) is 2.11. The summed E-state index contributed by atoms with van der Waals surface area (Å²) in [4.78, 5) is 22.5. The second kappa shape index (κ2) is 10.6. The smallest absolute Gasteiger partial charge is 0.303 e. The number of carbonyl (C=O) groups excluding carboxylic acids is 1. The third kappa shape index (κ3) is 7.27. The number of unbranched alkanes of at least 4 members (excludes halogenated alkanes) is 3. The van der Waals surface area contributed by atoms with Crippen molar-refractivity contribution < 1.29 is 24.9 Å². The highest BCUT2D eigenvalue weighted by molar-refractivity contribution is 5.84. The average molecular weight is 326 g/mol. The van der Waals surface area contributed by atoms with Crippen molar-refractivity contribution in [2.24, 2.45) is 11.8 Å². The van der Waals surface area contributed by atoms with Crippen LogP contribution >= 0.6 is 0 Å². The van der Waals surface area contributed by atoms with Crippen molar-refractivity contribution in [3.05, 3.63) is 12.2 Å². The Balaban J connectivity index is 2.48. The lowest BCUT2D eigenvalue weighted by Crippen LogP contribution is -2.19. The predicted octanol–water partition coefficient (Wildman–Crippen LogP) is 2.69. The van der Waals surface area contributed by atoms with Crippen LogP contribution in [0.2, 0.25) is 0 Å². The molecule has 1 rings (SSSR count). The molecule has 0 aliphatic heterocycles. The Hall–Kier alpha value is -1.20. The topological polar surface area (TPSA) is 94.8 Å². The fourth-order valence-electron chi connectivity index (χ4n) is 3.19. The normalized spacial score (nSPS) is 26.0. The van der Waals surface area contributed by atoms with Crippen LogP contribution in [0.25, 0.3) is 0 Å². The molecule has 0 spiro atoms. The van der Waals surface area contributed by atoms with E-state index in [4.69, 9.17) is 5.11 Å². The van der Waals surface area contributed by atoms with Crippen LogP contribution in [0.4, 0.5) is 0 Å². The van der Waals surface area contributed by atoms with E-state index in [1.165, 1.54) is 0 Å². The Bertz CT molecular complexity index is 404. The first-order chi connectivity index (χ1) is 11.0. The van der Waals surface area contributed by atoms with Crippen LogP contribution in [-0.2, 0) is 9.59 Å². The van der Waals surface area contributed by atoms with Gasteiger partial charge in [-0.1, -0.05) is 44.8 Å². The van der Waals surface area contributed by atoms with E-state index in [0.29, 0.717) is 25.7 Å². The first kappa shape index (κ1) is 19.8. The van der Waals surface area contributed by atoms with Crippen molar-refractivity contribution >= 4 is 11.8 Å². The number of carboxylic acid groups (broad SMARTS) is 1. The zero-order chi connectivity index (χ0) is 17.2. The molecule has 1 saturated carbocycles. The molecule has 5 nitrogen and oxygen atoms in total. The van der Waals surface area contributed by atoms with E-state index in [-0.39, 0.29) is 30.5 Å². The number of aliphatic hydroxyl groups is 2. The van der Waals surface area contributed by atoms with Gasteiger partial charge in [0, 0.05) is 24.7 Å². The van der Waals surface area contributed by atoms with Gasteiger partial charge in [0.15, 0.2) is 0 Å². The van der Waals surface area contributed by atoms with Crippen molar-refractivity contribution in [2.75, 3.05) is 0 Å². The van der Waals surface area contributed by atoms with Crippen LogP contribution in [0, 0.1) is 11.8 Å². The number of rotatable bonds is 11. The van der Waals surface area contributed by atoms with Gasteiger partial charge in [0.05, 0.1) is 12.2 Å². The second-order valence-corrected chi connectivity index (χ2v) is 6.51. The number of ketones is 1. The van der Waals surface area contributed by atoms with Crippen molar-refractivity contribution in [3.63, 3.8) is 0 Å². The molecule has 1 aliphatic carbocycles. The van der Waals surface area contributed by atoms with Gasteiger partial charge in [0.25, 0.3) is 0 Å². The molecule has 1 aliphatic rings. The maximum absolute atomic E-state index is 12.0. The highest BCUT2D eigenvalue weighted by Gasteiger charge is 2.39. The molecular weight excluding hydrogens is 296 g/mol.